The van der Waals surface area contributed by atoms with Gasteiger partial charge in [0.2, 0.25) is 0 Å². The van der Waals surface area contributed by atoms with E-state index in [4.69, 9.17) is 4.74 Å². The molecule has 0 aromatic heterocycles. The molecule has 1 aromatic rings. The Morgan fingerprint density at radius 2 is 2.09 bits per heavy atom. The van der Waals surface area contributed by atoms with Crippen LogP contribution in [0.3, 0.4) is 0 Å². The summed E-state index contributed by atoms with van der Waals surface area (Å²) in [7, 11) is 1.78. The van der Waals surface area contributed by atoms with Gasteiger partial charge in [0, 0.05) is 24.0 Å². The van der Waals surface area contributed by atoms with E-state index in [1.807, 2.05) is 44.7 Å². The molecule has 1 fully saturated rings. The van der Waals surface area contributed by atoms with Gasteiger partial charge in [-0.05, 0) is 44.6 Å². The van der Waals surface area contributed by atoms with E-state index in [2.05, 4.69) is 24.4 Å². The van der Waals surface area contributed by atoms with Gasteiger partial charge in [-0.3, -0.25) is 0 Å². The number of thioether (sulfide) groups is 1. The Balaban J connectivity index is 2.03. The van der Waals surface area contributed by atoms with Crippen LogP contribution < -0.4 is 5.32 Å². The molecule has 4 nitrogen and oxygen atoms in total. The fourth-order valence-corrected chi connectivity index (χ4v) is 3.78. The van der Waals surface area contributed by atoms with E-state index in [0.29, 0.717) is 17.8 Å². The molecule has 2 unspecified atom stereocenters. The molecular weight excluding hydrogens is 308 g/mol. The van der Waals surface area contributed by atoms with Crippen LogP contribution in [-0.4, -0.2) is 40.7 Å². The highest BCUT2D eigenvalue weighted by Crippen LogP contribution is 2.30. The van der Waals surface area contributed by atoms with Crippen molar-refractivity contribution in [1.82, 2.24) is 4.90 Å². The molecule has 0 saturated carbocycles. The Labute approximate surface area is 144 Å². The Bertz CT molecular complexity index is 542. The second kappa shape index (κ2) is 7.47. The maximum atomic E-state index is 12.2. The minimum absolute atomic E-state index is 0.294. The average Bonchev–Trinajstić information content (AvgIpc) is 2.84. The molecule has 0 aliphatic carbocycles. The molecule has 0 spiro atoms. The first-order valence-electron chi connectivity index (χ1n) is 8.16. The summed E-state index contributed by atoms with van der Waals surface area (Å²) in [6.07, 6.45) is 0.888. The number of anilines is 1. The highest BCUT2D eigenvalue weighted by molar-refractivity contribution is 8.00. The summed E-state index contributed by atoms with van der Waals surface area (Å²) in [4.78, 5) is 13.8. The number of rotatable bonds is 4. The van der Waals surface area contributed by atoms with Crippen molar-refractivity contribution in [3.63, 3.8) is 0 Å². The molecule has 2 rings (SSSR count). The summed E-state index contributed by atoms with van der Waals surface area (Å²) in [6, 6.07) is 8.69. The van der Waals surface area contributed by atoms with Gasteiger partial charge in [0.1, 0.15) is 5.60 Å². The van der Waals surface area contributed by atoms with E-state index >= 15 is 0 Å². The Hall–Kier alpha value is -1.36. The number of hydrogen-bond donors (Lipinski definition) is 1. The second-order valence-electron chi connectivity index (χ2n) is 7.11. The lowest BCUT2D eigenvalue weighted by molar-refractivity contribution is 0.0285. The SMILES string of the molecule is CC1SCCC1Nc1ccccc1CN(C)C(=O)OC(C)(C)C. The van der Waals surface area contributed by atoms with Crippen molar-refractivity contribution in [2.75, 3.05) is 18.1 Å². The standard InChI is InChI=1S/C18H28N2O2S/c1-13-15(10-11-23-13)19-16-9-7-6-8-14(16)12-20(5)17(21)22-18(2,3)4/h6-9,13,15,19H,10-12H2,1-5H3. The first kappa shape index (κ1) is 18.0. The van der Waals surface area contributed by atoms with Crippen molar-refractivity contribution in [2.45, 2.75) is 57.6 Å². The smallest absolute Gasteiger partial charge is 0.410 e. The number of benzene rings is 1. The number of hydrogen-bond acceptors (Lipinski definition) is 4. The summed E-state index contributed by atoms with van der Waals surface area (Å²) in [5.41, 5.74) is 1.76. The summed E-state index contributed by atoms with van der Waals surface area (Å²) >= 11 is 2.01. The van der Waals surface area contributed by atoms with Gasteiger partial charge in [-0.25, -0.2) is 4.79 Å². The molecule has 5 heteroatoms. The van der Waals surface area contributed by atoms with Gasteiger partial charge in [-0.2, -0.15) is 11.8 Å². The molecule has 1 aromatic carbocycles. The second-order valence-corrected chi connectivity index (χ2v) is 8.59. The Kier molecular flexibility index (Phi) is 5.84. The molecular formula is C18H28N2O2S. The van der Waals surface area contributed by atoms with Crippen LogP contribution in [0.2, 0.25) is 0 Å². The normalized spacial score (nSPS) is 21.1. The van der Waals surface area contributed by atoms with Crippen molar-refractivity contribution in [1.29, 1.82) is 0 Å². The predicted octanol–water partition coefficient (Wildman–Crippen LogP) is 4.36. The van der Waals surface area contributed by atoms with Crippen LogP contribution >= 0.6 is 11.8 Å². The molecule has 1 N–H and O–H groups in total. The maximum absolute atomic E-state index is 12.2. The van der Waals surface area contributed by atoms with E-state index in [9.17, 15) is 4.79 Å². The third-order valence-electron chi connectivity index (χ3n) is 3.85. The third kappa shape index (κ3) is 5.34. The highest BCUT2D eigenvalue weighted by Gasteiger charge is 2.25. The monoisotopic (exact) mass is 336 g/mol. The fraction of sp³-hybridized carbons (Fsp3) is 0.611. The zero-order valence-corrected chi connectivity index (χ0v) is 15.6. The Morgan fingerprint density at radius 1 is 1.39 bits per heavy atom. The van der Waals surface area contributed by atoms with Gasteiger partial charge >= 0.3 is 6.09 Å². The number of nitrogens with zero attached hydrogens (tertiary/aromatic N) is 1. The first-order valence-corrected chi connectivity index (χ1v) is 9.21. The number of nitrogens with one attached hydrogen (secondary N) is 1. The topological polar surface area (TPSA) is 41.6 Å². The van der Waals surface area contributed by atoms with E-state index in [1.165, 1.54) is 12.2 Å². The Morgan fingerprint density at radius 3 is 2.70 bits per heavy atom. The van der Waals surface area contributed by atoms with Crippen LogP contribution in [0.15, 0.2) is 24.3 Å². The third-order valence-corrected chi connectivity index (χ3v) is 5.17. The van der Waals surface area contributed by atoms with Crippen LogP contribution in [0, 0.1) is 0 Å². The number of carbonyl (C=O) groups excluding carboxylic acids is 1. The lowest BCUT2D eigenvalue weighted by Gasteiger charge is -2.26. The maximum Gasteiger partial charge on any atom is 0.410 e. The first-order chi connectivity index (χ1) is 10.8. The van der Waals surface area contributed by atoms with Crippen molar-refractivity contribution >= 4 is 23.5 Å². The molecule has 1 saturated heterocycles. The molecule has 1 aliphatic heterocycles. The molecule has 23 heavy (non-hydrogen) atoms. The molecule has 0 bridgehead atoms. The van der Waals surface area contributed by atoms with Crippen molar-refractivity contribution in [3.05, 3.63) is 29.8 Å². The van der Waals surface area contributed by atoms with Gasteiger partial charge in [0.15, 0.2) is 0 Å². The summed E-state index contributed by atoms with van der Waals surface area (Å²) in [5, 5.41) is 4.27. The predicted molar refractivity (Wildman–Crippen MR) is 98.1 cm³/mol. The molecule has 2 atom stereocenters. The molecule has 1 aliphatic rings. The quantitative estimate of drug-likeness (QED) is 0.887. The van der Waals surface area contributed by atoms with Crippen LogP contribution in [-0.2, 0) is 11.3 Å². The zero-order valence-electron chi connectivity index (χ0n) is 14.8. The van der Waals surface area contributed by atoms with Gasteiger partial charge in [0.25, 0.3) is 0 Å². The van der Waals surface area contributed by atoms with Gasteiger partial charge < -0.3 is 15.0 Å². The van der Waals surface area contributed by atoms with Crippen molar-refractivity contribution in [3.8, 4) is 0 Å². The van der Waals surface area contributed by atoms with E-state index in [1.54, 1.807) is 11.9 Å². The summed E-state index contributed by atoms with van der Waals surface area (Å²) < 4.78 is 5.43. The lowest BCUT2D eigenvalue weighted by Crippen LogP contribution is -2.34. The van der Waals surface area contributed by atoms with Crippen LogP contribution in [0.1, 0.15) is 39.7 Å². The number of ether oxygens (including phenoxy) is 1. The largest absolute Gasteiger partial charge is 0.444 e. The van der Waals surface area contributed by atoms with Gasteiger partial charge in [0.05, 0.1) is 6.54 Å². The fourth-order valence-electron chi connectivity index (χ4n) is 2.58. The van der Waals surface area contributed by atoms with E-state index in [-0.39, 0.29) is 6.09 Å². The molecule has 128 valence electrons. The van der Waals surface area contributed by atoms with Crippen LogP contribution in [0.5, 0.6) is 0 Å². The van der Waals surface area contributed by atoms with Gasteiger partial charge in [-0.1, -0.05) is 25.1 Å². The van der Waals surface area contributed by atoms with E-state index in [0.717, 1.165) is 11.3 Å². The van der Waals surface area contributed by atoms with Gasteiger partial charge in [-0.15, -0.1) is 0 Å². The lowest BCUT2D eigenvalue weighted by atomic mass is 10.1. The number of carbonyl (C=O) groups is 1. The van der Waals surface area contributed by atoms with Crippen LogP contribution in [0.25, 0.3) is 0 Å². The molecule has 1 amide bonds. The minimum atomic E-state index is -0.473. The van der Waals surface area contributed by atoms with Crippen molar-refractivity contribution in [2.24, 2.45) is 0 Å². The van der Waals surface area contributed by atoms with Crippen LogP contribution in [0.4, 0.5) is 10.5 Å². The van der Waals surface area contributed by atoms with E-state index < -0.39 is 5.60 Å². The average molecular weight is 337 g/mol. The highest BCUT2D eigenvalue weighted by atomic mass is 32.2. The summed E-state index contributed by atoms with van der Waals surface area (Å²) in [6.45, 7) is 8.45. The summed E-state index contributed by atoms with van der Waals surface area (Å²) in [5.74, 6) is 1.21. The number of amides is 1. The molecule has 0 radical (unpaired) electrons. The minimum Gasteiger partial charge on any atom is -0.444 e. The number of para-hydroxylation sites is 1. The zero-order chi connectivity index (χ0) is 17.0. The molecule has 1 heterocycles. The van der Waals surface area contributed by atoms with Crippen molar-refractivity contribution < 1.29 is 9.53 Å².